The number of carbonyl (C=O) groups is 5. The summed E-state index contributed by atoms with van der Waals surface area (Å²) in [5.41, 5.74) is 0.403. The number of hydrogen-bond donors (Lipinski definition) is 2. The summed E-state index contributed by atoms with van der Waals surface area (Å²) in [6, 6.07) is 0. The number of amides is 2. The maximum absolute atomic E-state index is 12.3. The second-order valence-electron chi connectivity index (χ2n) is 8.21. The smallest absolute Gasteiger partial charge is 0.346 e. The van der Waals surface area contributed by atoms with Gasteiger partial charge in [-0.3, -0.25) is 24.1 Å². The van der Waals surface area contributed by atoms with Crippen molar-refractivity contribution in [3.05, 3.63) is 12.3 Å². The standard InChI is InChI=1S/C24H39N3O11/c1-19-5-6-22(31)27(19)38-24(33)18-26(9-14-36-20(2)29)10-15-37-23(32)4-3-12-34-16-17-35-13-8-25-21(30)7-11-28/h28H,1,3-18H2,2H3,(H,25,30). The minimum absolute atomic E-state index is 0.00504. The predicted molar refractivity (Wildman–Crippen MR) is 131 cm³/mol. The van der Waals surface area contributed by atoms with Crippen molar-refractivity contribution in [2.24, 2.45) is 0 Å². The van der Waals surface area contributed by atoms with E-state index in [2.05, 4.69) is 11.9 Å². The largest absolute Gasteiger partial charge is 0.465 e. The van der Waals surface area contributed by atoms with Crippen LogP contribution < -0.4 is 5.32 Å². The predicted octanol–water partition coefficient (Wildman–Crippen LogP) is -0.699. The van der Waals surface area contributed by atoms with Gasteiger partial charge in [0.05, 0.1) is 38.7 Å². The van der Waals surface area contributed by atoms with Gasteiger partial charge in [0.15, 0.2) is 0 Å². The quantitative estimate of drug-likeness (QED) is 0.138. The molecular formula is C24H39N3O11. The Morgan fingerprint density at radius 2 is 1.63 bits per heavy atom. The molecule has 216 valence electrons. The Kier molecular flexibility index (Phi) is 17.3. The van der Waals surface area contributed by atoms with Crippen molar-refractivity contribution in [2.75, 3.05) is 72.4 Å². The maximum Gasteiger partial charge on any atom is 0.346 e. The van der Waals surface area contributed by atoms with Gasteiger partial charge in [-0.2, -0.15) is 0 Å². The fourth-order valence-electron chi connectivity index (χ4n) is 3.10. The Morgan fingerprint density at radius 1 is 0.947 bits per heavy atom. The Balaban J connectivity index is 2.18. The van der Waals surface area contributed by atoms with E-state index < -0.39 is 17.9 Å². The third-order valence-electron chi connectivity index (χ3n) is 5.02. The number of allylic oxidation sites excluding steroid dienone is 1. The first-order valence-electron chi connectivity index (χ1n) is 12.5. The first kappa shape index (κ1) is 33.0. The molecular weight excluding hydrogens is 506 g/mol. The summed E-state index contributed by atoms with van der Waals surface area (Å²) in [5, 5.41) is 12.1. The van der Waals surface area contributed by atoms with Crippen molar-refractivity contribution < 1.29 is 52.9 Å². The van der Waals surface area contributed by atoms with E-state index in [0.29, 0.717) is 51.5 Å². The van der Waals surface area contributed by atoms with Crippen LogP contribution in [0.4, 0.5) is 0 Å². The molecule has 1 aliphatic rings. The monoisotopic (exact) mass is 545 g/mol. The summed E-state index contributed by atoms with van der Waals surface area (Å²) in [5.74, 6) is -2.17. The van der Waals surface area contributed by atoms with E-state index in [1.807, 2.05) is 0 Å². The van der Waals surface area contributed by atoms with Gasteiger partial charge in [0.2, 0.25) is 5.91 Å². The molecule has 14 nitrogen and oxygen atoms in total. The molecule has 38 heavy (non-hydrogen) atoms. The van der Waals surface area contributed by atoms with Crippen molar-refractivity contribution in [1.29, 1.82) is 0 Å². The highest BCUT2D eigenvalue weighted by Crippen LogP contribution is 2.20. The Bertz CT molecular complexity index is 775. The van der Waals surface area contributed by atoms with Gasteiger partial charge in [-0.15, -0.1) is 5.06 Å². The molecule has 0 saturated carbocycles. The summed E-state index contributed by atoms with van der Waals surface area (Å²) in [7, 11) is 0. The number of rotatable bonds is 21. The Morgan fingerprint density at radius 3 is 2.26 bits per heavy atom. The number of hydroxylamine groups is 2. The number of ether oxygens (including phenoxy) is 4. The molecule has 1 aliphatic heterocycles. The highest BCUT2D eigenvalue weighted by Gasteiger charge is 2.28. The van der Waals surface area contributed by atoms with Crippen LogP contribution in [0.1, 0.15) is 39.0 Å². The molecule has 1 rings (SSSR count). The molecule has 0 aromatic carbocycles. The van der Waals surface area contributed by atoms with Crippen LogP contribution in [0.15, 0.2) is 12.3 Å². The number of aliphatic hydroxyl groups is 1. The summed E-state index contributed by atoms with van der Waals surface area (Å²) in [6.07, 6.45) is 1.31. The molecule has 14 heteroatoms. The maximum atomic E-state index is 12.3. The molecule has 1 saturated heterocycles. The molecule has 0 radical (unpaired) electrons. The zero-order chi connectivity index (χ0) is 28.2. The number of hydrogen-bond acceptors (Lipinski definition) is 12. The molecule has 0 unspecified atom stereocenters. The first-order chi connectivity index (χ1) is 18.2. The van der Waals surface area contributed by atoms with E-state index in [4.69, 9.17) is 28.9 Å². The molecule has 1 heterocycles. The second kappa shape index (κ2) is 20.0. The minimum Gasteiger partial charge on any atom is -0.465 e. The van der Waals surface area contributed by atoms with Crippen LogP contribution in [0.25, 0.3) is 0 Å². The number of carbonyl (C=O) groups excluding carboxylic acids is 5. The van der Waals surface area contributed by atoms with Gasteiger partial charge in [-0.25, -0.2) is 4.79 Å². The fourth-order valence-corrected chi connectivity index (χ4v) is 3.10. The van der Waals surface area contributed by atoms with Crippen molar-refractivity contribution >= 4 is 29.7 Å². The lowest BCUT2D eigenvalue weighted by Gasteiger charge is -2.22. The van der Waals surface area contributed by atoms with Gasteiger partial charge < -0.3 is 34.2 Å². The fraction of sp³-hybridized carbons (Fsp3) is 0.708. The number of nitrogens with zero attached hydrogens (tertiary/aromatic N) is 2. The van der Waals surface area contributed by atoms with Crippen LogP contribution in [-0.2, 0) is 47.8 Å². The second-order valence-corrected chi connectivity index (χ2v) is 8.21. The molecule has 0 atom stereocenters. The molecule has 2 amide bonds. The van der Waals surface area contributed by atoms with Crippen LogP contribution >= 0.6 is 0 Å². The van der Waals surface area contributed by atoms with E-state index in [1.165, 1.54) is 6.92 Å². The van der Waals surface area contributed by atoms with E-state index in [-0.39, 0.29) is 70.5 Å². The van der Waals surface area contributed by atoms with Crippen LogP contribution in [0, 0.1) is 0 Å². The average Bonchev–Trinajstić information content (AvgIpc) is 3.17. The van der Waals surface area contributed by atoms with Crippen molar-refractivity contribution in [1.82, 2.24) is 15.3 Å². The Labute approximate surface area is 222 Å². The summed E-state index contributed by atoms with van der Waals surface area (Å²) < 4.78 is 20.8. The summed E-state index contributed by atoms with van der Waals surface area (Å²) >= 11 is 0. The highest BCUT2D eigenvalue weighted by molar-refractivity contribution is 5.82. The molecule has 0 spiro atoms. The van der Waals surface area contributed by atoms with E-state index in [0.717, 1.165) is 5.06 Å². The third-order valence-corrected chi connectivity index (χ3v) is 5.02. The van der Waals surface area contributed by atoms with Gasteiger partial charge in [0, 0.05) is 52.4 Å². The van der Waals surface area contributed by atoms with E-state index in [9.17, 15) is 24.0 Å². The van der Waals surface area contributed by atoms with Crippen LogP contribution in [-0.4, -0.2) is 117 Å². The molecule has 0 bridgehead atoms. The molecule has 0 aliphatic carbocycles. The number of nitrogens with one attached hydrogen (secondary N) is 1. The topological polar surface area (TPSA) is 170 Å². The normalized spacial score (nSPS) is 13.1. The highest BCUT2D eigenvalue weighted by atomic mass is 16.7. The van der Waals surface area contributed by atoms with Gasteiger partial charge in [-0.05, 0) is 12.8 Å². The van der Waals surface area contributed by atoms with Gasteiger partial charge in [0.25, 0.3) is 5.91 Å². The lowest BCUT2D eigenvalue weighted by Crippen LogP contribution is -2.39. The average molecular weight is 546 g/mol. The van der Waals surface area contributed by atoms with Crippen molar-refractivity contribution in [3.8, 4) is 0 Å². The lowest BCUT2D eigenvalue weighted by atomic mass is 10.3. The van der Waals surface area contributed by atoms with Crippen LogP contribution in [0.5, 0.6) is 0 Å². The first-order valence-corrected chi connectivity index (χ1v) is 12.5. The SMILES string of the molecule is C=C1CCC(=O)N1OC(=O)CN(CCOC(C)=O)CCOC(=O)CCCOCCOCCNC(=O)CCO. The number of aliphatic hydroxyl groups excluding tert-OH is 1. The minimum atomic E-state index is -0.692. The summed E-state index contributed by atoms with van der Waals surface area (Å²) in [6.45, 7) is 6.67. The third kappa shape index (κ3) is 15.9. The van der Waals surface area contributed by atoms with Gasteiger partial charge >= 0.3 is 17.9 Å². The molecule has 0 aromatic rings. The summed E-state index contributed by atoms with van der Waals surface area (Å²) in [4.78, 5) is 64.9. The number of esters is 2. The zero-order valence-corrected chi connectivity index (χ0v) is 21.9. The zero-order valence-electron chi connectivity index (χ0n) is 21.9. The molecule has 0 aromatic heterocycles. The van der Waals surface area contributed by atoms with E-state index in [1.54, 1.807) is 4.90 Å². The van der Waals surface area contributed by atoms with Crippen molar-refractivity contribution in [2.45, 2.75) is 39.0 Å². The van der Waals surface area contributed by atoms with Crippen LogP contribution in [0.3, 0.4) is 0 Å². The van der Waals surface area contributed by atoms with E-state index >= 15 is 0 Å². The van der Waals surface area contributed by atoms with Gasteiger partial charge in [-0.1, -0.05) is 6.58 Å². The van der Waals surface area contributed by atoms with Crippen molar-refractivity contribution in [3.63, 3.8) is 0 Å². The molecule has 1 fully saturated rings. The lowest BCUT2D eigenvalue weighted by molar-refractivity contribution is -0.187. The Hall–Kier alpha value is -3.07. The van der Waals surface area contributed by atoms with Crippen LogP contribution in [0.2, 0.25) is 0 Å². The molecule has 2 N–H and O–H groups in total. The van der Waals surface area contributed by atoms with Gasteiger partial charge in [0.1, 0.15) is 13.2 Å².